The lowest BCUT2D eigenvalue weighted by molar-refractivity contribution is -0.125. The Hall–Kier alpha value is -2.33. The fourth-order valence-corrected chi connectivity index (χ4v) is 3.27. The van der Waals surface area contributed by atoms with E-state index in [1.54, 1.807) is 7.11 Å². The smallest absolute Gasteiger partial charge is 0.244 e. The molecule has 2 aromatic rings. The van der Waals surface area contributed by atoms with E-state index < -0.39 is 0 Å². The van der Waals surface area contributed by atoms with Crippen molar-refractivity contribution in [1.82, 2.24) is 4.90 Å². The van der Waals surface area contributed by atoms with Crippen LogP contribution in [0.1, 0.15) is 18.1 Å². The number of para-hydroxylation sites is 2. The minimum atomic E-state index is -0.149. The summed E-state index contributed by atoms with van der Waals surface area (Å²) in [5, 5.41) is 0. The summed E-state index contributed by atoms with van der Waals surface area (Å²) in [6.45, 7) is 6.40. The van der Waals surface area contributed by atoms with Gasteiger partial charge in [0.05, 0.1) is 18.8 Å². The number of amides is 1. The van der Waals surface area contributed by atoms with E-state index >= 15 is 0 Å². The molecule has 1 aliphatic heterocycles. The van der Waals surface area contributed by atoms with Crippen LogP contribution < -0.4 is 9.64 Å². The van der Waals surface area contributed by atoms with Gasteiger partial charge in [0.25, 0.3) is 0 Å². The Balaban J connectivity index is 1.76. The first-order valence-electron chi connectivity index (χ1n) is 8.34. The van der Waals surface area contributed by atoms with Crippen molar-refractivity contribution in [2.45, 2.75) is 26.4 Å². The number of hydrogen-bond acceptors (Lipinski definition) is 3. The van der Waals surface area contributed by atoms with Crippen molar-refractivity contribution in [1.29, 1.82) is 0 Å². The minimum absolute atomic E-state index is 0.124. The molecule has 1 atom stereocenters. The van der Waals surface area contributed by atoms with E-state index in [9.17, 15) is 4.79 Å². The van der Waals surface area contributed by atoms with E-state index in [2.05, 4.69) is 36.1 Å². The van der Waals surface area contributed by atoms with E-state index in [4.69, 9.17) is 4.74 Å². The maximum atomic E-state index is 12.9. The number of ether oxygens (including phenoxy) is 1. The molecule has 1 saturated heterocycles. The van der Waals surface area contributed by atoms with Gasteiger partial charge in [-0.05, 0) is 31.5 Å². The van der Waals surface area contributed by atoms with Crippen LogP contribution in [-0.4, -0.2) is 37.0 Å². The summed E-state index contributed by atoms with van der Waals surface area (Å²) in [6.07, 6.45) is 0. The van der Waals surface area contributed by atoms with Gasteiger partial charge in [0.2, 0.25) is 5.91 Å². The third kappa shape index (κ3) is 3.29. The average Bonchev–Trinajstić information content (AvgIpc) is 2.59. The summed E-state index contributed by atoms with van der Waals surface area (Å²) in [7, 11) is 1.64. The monoisotopic (exact) mass is 324 g/mol. The van der Waals surface area contributed by atoms with Crippen molar-refractivity contribution in [3.8, 4) is 5.75 Å². The highest BCUT2D eigenvalue weighted by Crippen LogP contribution is 2.30. The van der Waals surface area contributed by atoms with E-state index in [-0.39, 0.29) is 11.9 Å². The topological polar surface area (TPSA) is 32.8 Å². The zero-order chi connectivity index (χ0) is 17.1. The maximum Gasteiger partial charge on any atom is 0.244 e. The predicted molar refractivity (Wildman–Crippen MR) is 96.4 cm³/mol. The highest BCUT2D eigenvalue weighted by Gasteiger charge is 2.33. The lowest BCUT2D eigenvalue weighted by Gasteiger charge is -2.39. The van der Waals surface area contributed by atoms with Gasteiger partial charge in [-0.1, -0.05) is 42.0 Å². The number of methoxy groups -OCH3 is 1. The zero-order valence-electron chi connectivity index (χ0n) is 14.5. The molecule has 0 bridgehead atoms. The van der Waals surface area contributed by atoms with E-state index in [0.717, 1.165) is 24.5 Å². The molecule has 0 saturated carbocycles. The third-order valence-corrected chi connectivity index (χ3v) is 4.63. The molecule has 0 radical (unpaired) electrons. The van der Waals surface area contributed by atoms with Crippen LogP contribution in [0, 0.1) is 6.92 Å². The first-order chi connectivity index (χ1) is 11.6. The molecule has 4 heteroatoms. The molecule has 1 aliphatic rings. The Morgan fingerprint density at radius 2 is 1.92 bits per heavy atom. The second-order valence-corrected chi connectivity index (χ2v) is 6.30. The second-order valence-electron chi connectivity index (χ2n) is 6.30. The number of piperazine rings is 1. The first-order valence-corrected chi connectivity index (χ1v) is 8.34. The molecule has 0 spiro atoms. The molecule has 3 rings (SSSR count). The van der Waals surface area contributed by atoms with Crippen LogP contribution in [0.5, 0.6) is 5.75 Å². The zero-order valence-corrected chi connectivity index (χ0v) is 14.5. The second kappa shape index (κ2) is 7.05. The van der Waals surface area contributed by atoms with Crippen molar-refractivity contribution in [2.24, 2.45) is 0 Å². The van der Waals surface area contributed by atoms with Crippen molar-refractivity contribution >= 4 is 11.6 Å². The molecule has 1 amide bonds. The molecule has 1 fully saturated rings. The summed E-state index contributed by atoms with van der Waals surface area (Å²) >= 11 is 0. The Morgan fingerprint density at radius 1 is 1.12 bits per heavy atom. The van der Waals surface area contributed by atoms with Crippen LogP contribution in [-0.2, 0) is 11.3 Å². The SMILES string of the molecule is COc1ccccc1N1CCN(Cc2cccc(C)c2)C(C)C1=O. The summed E-state index contributed by atoms with van der Waals surface area (Å²) in [6, 6.07) is 16.0. The standard InChI is InChI=1S/C20H24N2O2/c1-15-7-6-8-17(13-15)14-21-11-12-22(20(23)16(21)2)18-9-4-5-10-19(18)24-3/h4-10,13,16H,11-12,14H2,1-3H3. The fourth-order valence-electron chi connectivity index (χ4n) is 3.27. The van der Waals surface area contributed by atoms with Crippen LogP contribution in [0.15, 0.2) is 48.5 Å². The number of hydrogen-bond donors (Lipinski definition) is 0. The van der Waals surface area contributed by atoms with Gasteiger partial charge in [-0.3, -0.25) is 9.69 Å². The van der Waals surface area contributed by atoms with Crippen molar-refractivity contribution in [3.63, 3.8) is 0 Å². The number of carbonyl (C=O) groups excluding carboxylic acids is 1. The summed E-state index contributed by atoms with van der Waals surface area (Å²) in [5.74, 6) is 0.864. The summed E-state index contributed by atoms with van der Waals surface area (Å²) in [5.41, 5.74) is 3.35. The van der Waals surface area contributed by atoms with Gasteiger partial charge in [-0.15, -0.1) is 0 Å². The average molecular weight is 324 g/mol. The Labute approximate surface area is 143 Å². The molecule has 1 unspecified atom stereocenters. The number of carbonyl (C=O) groups is 1. The molecule has 0 aliphatic carbocycles. The molecule has 126 valence electrons. The minimum Gasteiger partial charge on any atom is -0.495 e. The molecular formula is C20H24N2O2. The van der Waals surface area contributed by atoms with Crippen LogP contribution in [0.4, 0.5) is 5.69 Å². The van der Waals surface area contributed by atoms with Gasteiger partial charge in [0.1, 0.15) is 5.75 Å². The molecule has 0 N–H and O–H groups in total. The highest BCUT2D eigenvalue weighted by molar-refractivity contribution is 5.98. The van der Waals surface area contributed by atoms with Gasteiger partial charge < -0.3 is 9.64 Å². The van der Waals surface area contributed by atoms with Crippen molar-refractivity contribution in [3.05, 3.63) is 59.7 Å². The van der Waals surface area contributed by atoms with Crippen molar-refractivity contribution in [2.75, 3.05) is 25.1 Å². The van der Waals surface area contributed by atoms with Crippen molar-refractivity contribution < 1.29 is 9.53 Å². The van der Waals surface area contributed by atoms with Gasteiger partial charge >= 0.3 is 0 Å². The molecule has 4 nitrogen and oxygen atoms in total. The summed E-state index contributed by atoms with van der Waals surface area (Å²) < 4.78 is 5.41. The summed E-state index contributed by atoms with van der Waals surface area (Å²) in [4.78, 5) is 17.0. The highest BCUT2D eigenvalue weighted by atomic mass is 16.5. The molecule has 1 heterocycles. The maximum absolute atomic E-state index is 12.9. The fraction of sp³-hybridized carbons (Fsp3) is 0.350. The van der Waals surface area contributed by atoms with Gasteiger partial charge in [-0.2, -0.15) is 0 Å². The predicted octanol–water partition coefficient (Wildman–Crippen LogP) is 3.24. The quantitative estimate of drug-likeness (QED) is 0.865. The van der Waals surface area contributed by atoms with E-state index in [0.29, 0.717) is 6.54 Å². The van der Waals surface area contributed by atoms with Crippen LogP contribution in [0.2, 0.25) is 0 Å². The molecule has 2 aromatic carbocycles. The molecular weight excluding hydrogens is 300 g/mol. The molecule has 0 aromatic heterocycles. The largest absolute Gasteiger partial charge is 0.495 e. The number of nitrogens with zero attached hydrogens (tertiary/aromatic N) is 2. The third-order valence-electron chi connectivity index (χ3n) is 4.63. The Bertz CT molecular complexity index is 729. The lowest BCUT2D eigenvalue weighted by Crippen LogP contribution is -2.55. The van der Waals surface area contributed by atoms with E-state index in [1.165, 1.54) is 11.1 Å². The van der Waals surface area contributed by atoms with Crippen LogP contribution in [0.25, 0.3) is 0 Å². The number of benzene rings is 2. The Kier molecular flexibility index (Phi) is 4.86. The van der Waals surface area contributed by atoms with Gasteiger partial charge in [0, 0.05) is 19.6 Å². The van der Waals surface area contributed by atoms with Crippen LogP contribution in [0.3, 0.4) is 0 Å². The normalized spacial score (nSPS) is 18.7. The van der Waals surface area contributed by atoms with Gasteiger partial charge in [-0.25, -0.2) is 0 Å². The number of rotatable bonds is 4. The van der Waals surface area contributed by atoms with Crippen LogP contribution >= 0.6 is 0 Å². The first kappa shape index (κ1) is 16.5. The number of aryl methyl sites for hydroxylation is 1. The van der Waals surface area contributed by atoms with Gasteiger partial charge in [0.15, 0.2) is 0 Å². The lowest BCUT2D eigenvalue weighted by atomic mass is 10.1. The molecule has 24 heavy (non-hydrogen) atoms. The Morgan fingerprint density at radius 3 is 2.67 bits per heavy atom. The number of anilines is 1. The van der Waals surface area contributed by atoms with E-state index in [1.807, 2.05) is 36.1 Å².